The Hall–Kier alpha value is -3.53. The van der Waals surface area contributed by atoms with Crippen molar-refractivity contribution in [2.24, 2.45) is 0 Å². The monoisotopic (exact) mass is 451 g/mol. The molecular weight excluding hydrogens is 430 g/mol. The van der Waals surface area contributed by atoms with Gasteiger partial charge in [-0.3, -0.25) is 18.6 Å². The minimum absolute atomic E-state index is 0.0903. The first-order valence-electron chi connectivity index (χ1n) is 10.3. The minimum Gasteiger partial charge on any atom is -0.454 e. The molecule has 0 unspecified atom stereocenters. The van der Waals surface area contributed by atoms with Gasteiger partial charge in [0.25, 0.3) is 5.56 Å². The lowest BCUT2D eigenvalue weighted by Gasteiger charge is -2.13. The van der Waals surface area contributed by atoms with Gasteiger partial charge in [-0.2, -0.15) is 0 Å². The van der Waals surface area contributed by atoms with Crippen LogP contribution in [0.1, 0.15) is 20.3 Å². The standard InChI is InChI=1S/C22H21N5O4S/c1-3-10-26-20(29)15-6-4-5-7-16(15)27-21(26)24-25-22(27)32-13(2)19(28)23-14-8-9-17-18(11-14)31-12-30-17/h4-9,11,13H,3,10,12H2,1-2H3,(H,23,28)/t13-/m0/s1. The first kappa shape index (κ1) is 20.4. The zero-order chi connectivity index (χ0) is 22.2. The summed E-state index contributed by atoms with van der Waals surface area (Å²) in [6, 6.07) is 12.6. The van der Waals surface area contributed by atoms with Gasteiger partial charge in [-0.05, 0) is 37.6 Å². The summed E-state index contributed by atoms with van der Waals surface area (Å²) in [4.78, 5) is 25.8. The lowest BCUT2D eigenvalue weighted by molar-refractivity contribution is -0.115. The van der Waals surface area contributed by atoms with Crippen LogP contribution >= 0.6 is 11.8 Å². The highest BCUT2D eigenvalue weighted by atomic mass is 32.2. The zero-order valence-corrected chi connectivity index (χ0v) is 18.4. The summed E-state index contributed by atoms with van der Waals surface area (Å²) < 4.78 is 14.2. The van der Waals surface area contributed by atoms with Crippen LogP contribution in [0.4, 0.5) is 5.69 Å². The van der Waals surface area contributed by atoms with E-state index in [2.05, 4.69) is 15.5 Å². The number of aryl methyl sites for hydroxylation is 1. The number of anilines is 1. The average molecular weight is 452 g/mol. The van der Waals surface area contributed by atoms with Crippen LogP contribution in [0.15, 0.2) is 52.4 Å². The predicted octanol–water partition coefficient (Wildman–Crippen LogP) is 3.30. The molecule has 0 saturated heterocycles. The van der Waals surface area contributed by atoms with E-state index in [9.17, 15) is 9.59 Å². The Balaban J connectivity index is 1.46. The Morgan fingerprint density at radius 3 is 2.84 bits per heavy atom. The van der Waals surface area contributed by atoms with E-state index in [-0.39, 0.29) is 18.3 Å². The van der Waals surface area contributed by atoms with Crippen molar-refractivity contribution in [3.05, 3.63) is 52.8 Å². The van der Waals surface area contributed by atoms with E-state index >= 15 is 0 Å². The molecular formula is C22H21N5O4S. The van der Waals surface area contributed by atoms with Gasteiger partial charge in [-0.25, -0.2) is 0 Å². The third kappa shape index (κ3) is 3.46. The number of amides is 1. The van der Waals surface area contributed by atoms with Gasteiger partial charge < -0.3 is 14.8 Å². The highest BCUT2D eigenvalue weighted by Gasteiger charge is 2.22. The normalized spacial score (nSPS) is 13.6. The summed E-state index contributed by atoms with van der Waals surface area (Å²) in [6.07, 6.45) is 0.789. The maximum Gasteiger partial charge on any atom is 0.262 e. The number of hydrogen-bond donors (Lipinski definition) is 1. The average Bonchev–Trinajstić information content (AvgIpc) is 3.43. The molecule has 9 nitrogen and oxygen atoms in total. The molecule has 164 valence electrons. The van der Waals surface area contributed by atoms with Crippen LogP contribution in [-0.4, -0.2) is 37.1 Å². The third-order valence-corrected chi connectivity index (χ3v) is 6.26. The molecule has 0 radical (unpaired) electrons. The van der Waals surface area contributed by atoms with E-state index in [1.54, 1.807) is 35.8 Å². The Morgan fingerprint density at radius 1 is 1.19 bits per heavy atom. The molecule has 1 aliphatic rings. The minimum atomic E-state index is -0.460. The van der Waals surface area contributed by atoms with Crippen molar-refractivity contribution >= 4 is 40.0 Å². The zero-order valence-electron chi connectivity index (χ0n) is 17.6. The molecule has 5 rings (SSSR count). The molecule has 0 fully saturated rings. The number of aromatic nitrogens is 4. The summed E-state index contributed by atoms with van der Waals surface area (Å²) in [5.41, 5.74) is 1.25. The van der Waals surface area contributed by atoms with Crippen LogP contribution in [0.25, 0.3) is 16.7 Å². The molecule has 1 atom stereocenters. The summed E-state index contributed by atoms with van der Waals surface area (Å²) in [7, 11) is 0. The van der Waals surface area contributed by atoms with Gasteiger partial charge in [0.05, 0.1) is 16.2 Å². The van der Waals surface area contributed by atoms with Crippen LogP contribution in [0.5, 0.6) is 11.5 Å². The fourth-order valence-corrected chi connectivity index (χ4v) is 4.52. The molecule has 32 heavy (non-hydrogen) atoms. The van der Waals surface area contributed by atoms with Gasteiger partial charge in [-0.1, -0.05) is 30.8 Å². The predicted molar refractivity (Wildman–Crippen MR) is 122 cm³/mol. The Bertz CT molecular complexity index is 1400. The lowest BCUT2D eigenvalue weighted by atomic mass is 10.2. The molecule has 0 saturated carbocycles. The topological polar surface area (TPSA) is 99.8 Å². The van der Waals surface area contributed by atoms with Crippen LogP contribution < -0.4 is 20.3 Å². The molecule has 2 aromatic heterocycles. The van der Waals surface area contributed by atoms with Crippen molar-refractivity contribution in [3.63, 3.8) is 0 Å². The second-order valence-electron chi connectivity index (χ2n) is 7.41. The SMILES string of the molecule is CCCn1c(=O)c2ccccc2n2c(S[C@@H](C)C(=O)Nc3ccc4c(c3)OCO4)nnc12. The summed E-state index contributed by atoms with van der Waals surface area (Å²) in [5.74, 6) is 1.55. The number of ether oxygens (including phenoxy) is 2. The second-order valence-corrected chi connectivity index (χ2v) is 8.72. The number of nitrogens with one attached hydrogen (secondary N) is 1. The number of nitrogens with zero attached hydrogens (tertiary/aromatic N) is 4. The third-order valence-electron chi connectivity index (χ3n) is 5.22. The molecule has 2 aromatic carbocycles. The van der Waals surface area contributed by atoms with Crippen molar-refractivity contribution in [2.45, 2.75) is 37.2 Å². The number of para-hydroxylation sites is 1. The Kier molecular flexibility index (Phi) is 5.22. The Labute approximate surface area is 187 Å². The maximum atomic E-state index is 12.9. The Morgan fingerprint density at radius 2 is 2.00 bits per heavy atom. The molecule has 0 spiro atoms. The first-order chi connectivity index (χ1) is 15.6. The smallest absolute Gasteiger partial charge is 0.262 e. The van der Waals surface area contributed by atoms with Gasteiger partial charge in [-0.15, -0.1) is 10.2 Å². The molecule has 10 heteroatoms. The number of thioether (sulfide) groups is 1. The van der Waals surface area contributed by atoms with Gasteiger partial charge in [0.1, 0.15) is 0 Å². The van der Waals surface area contributed by atoms with Gasteiger partial charge in [0.15, 0.2) is 16.7 Å². The number of fused-ring (bicyclic) bond motifs is 4. The van der Waals surface area contributed by atoms with Crippen molar-refractivity contribution in [1.29, 1.82) is 0 Å². The number of benzene rings is 2. The van der Waals surface area contributed by atoms with Crippen LogP contribution in [0, 0.1) is 0 Å². The lowest BCUT2D eigenvalue weighted by Crippen LogP contribution is -2.24. The largest absolute Gasteiger partial charge is 0.454 e. The van der Waals surface area contributed by atoms with Crippen molar-refractivity contribution in [1.82, 2.24) is 19.2 Å². The number of hydrogen-bond acceptors (Lipinski definition) is 7. The van der Waals surface area contributed by atoms with E-state index in [0.717, 1.165) is 11.9 Å². The fourth-order valence-electron chi connectivity index (χ4n) is 3.66. The van der Waals surface area contributed by atoms with Crippen molar-refractivity contribution < 1.29 is 14.3 Å². The highest BCUT2D eigenvalue weighted by molar-refractivity contribution is 8.00. The van der Waals surface area contributed by atoms with E-state index < -0.39 is 5.25 Å². The molecule has 1 aliphatic heterocycles. The van der Waals surface area contributed by atoms with Crippen LogP contribution in [-0.2, 0) is 11.3 Å². The molecule has 1 amide bonds. The van der Waals surface area contributed by atoms with E-state index in [4.69, 9.17) is 9.47 Å². The van der Waals surface area contributed by atoms with E-state index in [1.807, 2.05) is 29.5 Å². The van der Waals surface area contributed by atoms with Crippen LogP contribution in [0.2, 0.25) is 0 Å². The molecule has 3 heterocycles. The van der Waals surface area contributed by atoms with Gasteiger partial charge >= 0.3 is 0 Å². The molecule has 0 bridgehead atoms. The molecule has 0 aliphatic carbocycles. The summed E-state index contributed by atoms with van der Waals surface area (Å²) in [6.45, 7) is 4.52. The molecule has 1 N–H and O–H groups in total. The van der Waals surface area contributed by atoms with Crippen molar-refractivity contribution in [3.8, 4) is 11.5 Å². The molecule has 4 aromatic rings. The fraction of sp³-hybridized carbons (Fsp3) is 0.273. The van der Waals surface area contributed by atoms with Gasteiger partial charge in [0, 0.05) is 18.3 Å². The second kappa shape index (κ2) is 8.19. The van der Waals surface area contributed by atoms with Crippen molar-refractivity contribution in [2.75, 3.05) is 12.1 Å². The summed E-state index contributed by atoms with van der Waals surface area (Å²) >= 11 is 1.29. The maximum absolute atomic E-state index is 12.9. The van der Waals surface area contributed by atoms with Gasteiger partial charge in [0.2, 0.25) is 18.5 Å². The number of carbonyl (C=O) groups is 1. The number of rotatable bonds is 6. The van der Waals surface area contributed by atoms with E-state index in [1.165, 1.54) is 11.8 Å². The first-order valence-corrected chi connectivity index (χ1v) is 11.2. The van der Waals surface area contributed by atoms with Crippen LogP contribution in [0.3, 0.4) is 0 Å². The number of carbonyl (C=O) groups excluding carboxylic acids is 1. The highest BCUT2D eigenvalue weighted by Crippen LogP contribution is 2.34. The quantitative estimate of drug-likeness (QED) is 0.449. The summed E-state index contributed by atoms with van der Waals surface area (Å²) in [5, 5.41) is 12.2. The van der Waals surface area contributed by atoms with E-state index in [0.29, 0.717) is 40.1 Å².